The number of carbonyl (C=O) groups is 1. The van der Waals surface area contributed by atoms with Crippen molar-refractivity contribution in [2.45, 2.75) is 13.3 Å². The van der Waals surface area contributed by atoms with Gasteiger partial charge in [0.05, 0.1) is 19.1 Å². The number of amides is 1. The maximum absolute atomic E-state index is 12.9. The number of thiophene rings is 1. The molecule has 6 nitrogen and oxygen atoms in total. The summed E-state index contributed by atoms with van der Waals surface area (Å²) in [6.45, 7) is 2.07. The van der Waals surface area contributed by atoms with Crippen LogP contribution in [0.15, 0.2) is 48.5 Å². The number of hydrogen-bond donors (Lipinski definition) is 1. The second kappa shape index (κ2) is 8.20. The minimum atomic E-state index is -0.115. The first kappa shape index (κ1) is 20.0. The van der Waals surface area contributed by atoms with E-state index in [9.17, 15) is 4.79 Å². The Balaban J connectivity index is 1.71. The van der Waals surface area contributed by atoms with Crippen molar-refractivity contribution < 1.29 is 14.3 Å². The fraction of sp³-hybridized carbons (Fsp3) is 0.217. The van der Waals surface area contributed by atoms with E-state index < -0.39 is 0 Å². The third-order valence-corrected chi connectivity index (χ3v) is 6.24. The van der Waals surface area contributed by atoms with Crippen LogP contribution in [-0.4, -0.2) is 29.9 Å². The van der Waals surface area contributed by atoms with Gasteiger partial charge in [-0.1, -0.05) is 25.1 Å². The Kier molecular flexibility index (Phi) is 5.46. The van der Waals surface area contributed by atoms with Gasteiger partial charge in [0, 0.05) is 23.7 Å². The summed E-state index contributed by atoms with van der Waals surface area (Å²) in [4.78, 5) is 14.5. The molecule has 0 unspecified atom stereocenters. The molecule has 0 aliphatic carbocycles. The predicted octanol–water partition coefficient (Wildman–Crippen LogP) is 5.13. The highest BCUT2D eigenvalue weighted by molar-refractivity contribution is 7.20. The van der Waals surface area contributed by atoms with E-state index in [2.05, 4.69) is 17.3 Å². The van der Waals surface area contributed by atoms with Crippen molar-refractivity contribution in [3.8, 4) is 22.8 Å². The van der Waals surface area contributed by atoms with Gasteiger partial charge in [0.15, 0.2) is 11.5 Å². The van der Waals surface area contributed by atoms with Crippen LogP contribution in [0.1, 0.15) is 22.2 Å². The van der Waals surface area contributed by atoms with E-state index in [-0.39, 0.29) is 5.91 Å². The molecule has 154 valence electrons. The van der Waals surface area contributed by atoms with Crippen LogP contribution in [0, 0.1) is 0 Å². The molecule has 0 aliphatic heterocycles. The summed E-state index contributed by atoms with van der Waals surface area (Å²) in [5.41, 5.74) is 3.66. The molecule has 0 fully saturated rings. The third kappa shape index (κ3) is 3.52. The van der Waals surface area contributed by atoms with Gasteiger partial charge in [-0.25, -0.2) is 0 Å². The van der Waals surface area contributed by atoms with Crippen molar-refractivity contribution >= 4 is 33.1 Å². The maximum Gasteiger partial charge on any atom is 0.265 e. The summed E-state index contributed by atoms with van der Waals surface area (Å²) in [5.74, 6) is 1.18. The monoisotopic (exact) mass is 421 g/mol. The van der Waals surface area contributed by atoms with E-state index in [0.717, 1.165) is 39.1 Å². The van der Waals surface area contributed by atoms with Crippen LogP contribution in [0.2, 0.25) is 0 Å². The first-order valence-electron chi connectivity index (χ1n) is 9.63. The lowest BCUT2D eigenvalue weighted by molar-refractivity contribution is 0.103. The topological polar surface area (TPSA) is 65.4 Å². The lowest BCUT2D eigenvalue weighted by atomic mass is 10.1. The fourth-order valence-corrected chi connectivity index (χ4v) is 4.45. The molecule has 2 heterocycles. The number of nitrogens with zero attached hydrogens (tertiary/aromatic N) is 2. The van der Waals surface area contributed by atoms with E-state index in [1.165, 1.54) is 11.3 Å². The lowest BCUT2D eigenvalue weighted by Crippen LogP contribution is -2.11. The Labute approximate surface area is 179 Å². The molecule has 4 rings (SSSR count). The Bertz CT molecular complexity index is 1230. The van der Waals surface area contributed by atoms with Gasteiger partial charge in [0.1, 0.15) is 10.5 Å². The number of carbonyl (C=O) groups excluding carboxylic acids is 1. The molecular weight excluding hydrogens is 398 g/mol. The average Bonchev–Trinajstić information content (AvgIpc) is 3.34. The highest BCUT2D eigenvalue weighted by Gasteiger charge is 2.19. The van der Waals surface area contributed by atoms with Crippen molar-refractivity contribution in [2.75, 3.05) is 19.5 Å². The first-order valence-corrected chi connectivity index (χ1v) is 10.5. The molecule has 2 aromatic carbocycles. The second-order valence-electron chi connectivity index (χ2n) is 6.84. The van der Waals surface area contributed by atoms with Crippen LogP contribution in [0.4, 0.5) is 5.69 Å². The SMILES string of the molecule is CCc1ccccc1NC(=O)c1cc2c(-c3ccc(OC)c(OC)c3)nn(C)c2s1. The van der Waals surface area contributed by atoms with E-state index in [0.29, 0.717) is 16.4 Å². The Hall–Kier alpha value is -3.32. The van der Waals surface area contributed by atoms with Gasteiger partial charge in [0.2, 0.25) is 0 Å². The molecule has 30 heavy (non-hydrogen) atoms. The number of rotatable bonds is 6. The maximum atomic E-state index is 12.9. The molecular formula is C23H23N3O3S. The molecule has 0 saturated carbocycles. The molecule has 4 aromatic rings. The van der Waals surface area contributed by atoms with Crippen molar-refractivity contribution in [1.82, 2.24) is 9.78 Å². The van der Waals surface area contributed by atoms with Crippen molar-refractivity contribution in [3.05, 3.63) is 59.0 Å². The summed E-state index contributed by atoms with van der Waals surface area (Å²) >= 11 is 1.43. The highest BCUT2D eigenvalue weighted by atomic mass is 32.1. The summed E-state index contributed by atoms with van der Waals surface area (Å²) in [6, 6.07) is 15.5. The number of fused-ring (bicyclic) bond motifs is 1. The molecule has 2 aromatic heterocycles. The van der Waals surface area contributed by atoms with E-state index >= 15 is 0 Å². The zero-order valence-corrected chi connectivity index (χ0v) is 18.2. The number of anilines is 1. The fourth-order valence-electron chi connectivity index (χ4n) is 3.48. The number of aryl methyl sites for hydroxylation is 2. The highest BCUT2D eigenvalue weighted by Crippen LogP contribution is 2.37. The first-order chi connectivity index (χ1) is 14.5. The molecule has 0 bridgehead atoms. The van der Waals surface area contributed by atoms with Crippen molar-refractivity contribution in [3.63, 3.8) is 0 Å². The summed E-state index contributed by atoms with van der Waals surface area (Å²) in [5, 5.41) is 8.64. The molecule has 0 aliphatic rings. The molecule has 0 radical (unpaired) electrons. The van der Waals surface area contributed by atoms with Gasteiger partial charge >= 0.3 is 0 Å². The van der Waals surface area contributed by atoms with Crippen LogP contribution in [0.5, 0.6) is 11.5 Å². The molecule has 1 N–H and O–H groups in total. The Morgan fingerprint density at radius 2 is 1.87 bits per heavy atom. The number of benzene rings is 2. The number of nitrogens with one attached hydrogen (secondary N) is 1. The number of methoxy groups -OCH3 is 2. The number of aromatic nitrogens is 2. The summed E-state index contributed by atoms with van der Waals surface area (Å²) in [6.07, 6.45) is 0.857. The normalized spacial score (nSPS) is 10.9. The number of para-hydroxylation sites is 1. The van der Waals surface area contributed by atoms with Crippen LogP contribution in [-0.2, 0) is 13.5 Å². The summed E-state index contributed by atoms with van der Waals surface area (Å²) < 4.78 is 12.6. The number of ether oxygens (including phenoxy) is 2. The minimum absolute atomic E-state index is 0.115. The standard InChI is InChI=1S/C23H23N3O3S/c1-5-14-8-6-7-9-17(14)24-22(27)20-13-16-21(25-26(2)23(16)30-20)15-10-11-18(28-3)19(12-15)29-4/h6-13H,5H2,1-4H3,(H,24,27). The van der Waals surface area contributed by atoms with Gasteiger partial charge < -0.3 is 14.8 Å². The lowest BCUT2D eigenvalue weighted by Gasteiger charge is -2.09. The van der Waals surface area contributed by atoms with Crippen molar-refractivity contribution in [2.24, 2.45) is 7.05 Å². The van der Waals surface area contributed by atoms with Crippen molar-refractivity contribution in [1.29, 1.82) is 0 Å². The van der Waals surface area contributed by atoms with E-state index in [1.54, 1.807) is 14.2 Å². The number of hydrogen-bond acceptors (Lipinski definition) is 5. The summed E-state index contributed by atoms with van der Waals surface area (Å²) in [7, 11) is 5.10. The van der Waals surface area contributed by atoms with Crippen LogP contribution >= 0.6 is 11.3 Å². The average molecular weight is 422 g/mol. The third-order valence-electron chi connectivity index (χ3n) is 5.04. The van der Waals surface area contributed by atoms with E-state index in [1.807, 2.05) is 60.3 Å². The Morgan fingerprint density at radius 1 is 1.10 bits per heavy atom. The van der Waals surface area contributed by atoms with Gasteiger partial charge in [-0.05, 0) is 42.3 Å². The second-order valence-corrected chi connectivity index (χ2v) is 7.87. The van der Waals surface area contributed by atoms with Gasteiger partial charge in [-0.2, -0.15) is 5.10 Å². The van der Waals surface area contributed by atoms with Crippen LogP contribution in [0.3, 0.4) is 0 Å². The molecule has 0 atom stereocenters. The molecule has 1 amide bonds. The zero-order chi connectivity index (χ0) is 21.3. The smallest absolute Gasteiger partial charge is 0.265 e. The molecule has 0 spiro atoms. The van der Waals surface area contributed by atoms with Crippen LogP contribution < -0.4 is 14.8 Å². The minimum Gasteiger partial charge on any atom is -0.493 e. The van der Waals surface area contributed by atoms with Gasteiger partial charge in [-0.3, -0.25) is 9.48 Å². The molecule has 7 heteroatoms. The van der Waals surface area contributed by atoms with Crippen LogP contribution in [0.25, 0.3) is 21.5 Å². The van der Waals surface area contributed by atoms with Gasteiger partial charge in [-0.15, -0.1) is 11.3 Å². The Morgan fingerprint density at radius 3 is 2.60 bits per heavy atom. The largest absolute Gasteiger partial charge is 0.493 e. The van der Waals surface area contributed by atoms with Gasteiger partial charge in [0.25, 0.3) is 5.91 Å². The quantitative estimate of drug-likeness (QED) is 0.468. The zero-order valence-electron chi connectivity index (χ0n) is 17.4. The molecule has 0 saturated heterocycles. The van der Waals surface area contributed by atoms with E-state index in [4.69, 9.17) is 9.47 Å². The predicted molar refractivity (Wildman–Crippen MR) is 121 cm³/mol.